The number of nitrogens with zero attached hydrogens (tertiary/aromatic N) is 2. The summed E-state index contributed by atoms with van der Waals surface area (Å²) >= 11 is 0. The number of aromatic amines is 2. The molecule has 1 aromatic carbocycles. The molecule has 3 N–H and O–H groups in total. The molecule has 0 fully saturated rings. The first kappa shape index (κ1) is 28.7. The van der Waals surface area contributed by atoms with Gasteiger partial charge in [0.2, 0.25) is 0 Å². The van der Waals surface area contributed by atoms with Crippen molar-refractivity contribution in [2.45, 2.75) is 44.7 Å². The van der Waals surface area contributed by atoms with E-state index in [2.05, 4.69) is 15.3 Å². The van der Waals surface area contributed by atoms with Crippen molar-refractivity contribution in [2.75, 3.05) is 18.5 Å². The summed E-state index contributed by atoms with van der Waals surface area (Å²) in [5.74, 6) is -0.972. The summed E-state index contributed by atoms with van der Waals surface area (Å²) in [4.78, 5) is 32.7. The van der Waals surface area contributed by atoms with Crippen LogP contribution in [0.2, 0.25) is 0 Å². The van der Waals surface area contributed by atoms with Gasteiger partial charge in [0.05, 0.1) is 13.2 Å². The number of hydrogen-bond acceptors (Lipinski definition) is 6. The maximum atomic E-state index is 14.4. The molecule has 40 heavy (non-hydrogen) atoms. The molecule has 0 atom stereocenters. The molecular formula is C25H24F6N5O4+. The van der Waals surface area contributed by atoms with Gasteiger partial charge in [-0.1, -0.05) is 6.07 Å². The summed E-state index contributed by atoms with van der Waals surface area (Å²) in [5.41, 5.74) is -9.38. The minimum Gasteiger partial charge on any atom is -0.490 e. The van der Waals surface area contributed by atoms with Gasteiger partial charge in [-0.2, -0.15) is 26.3 Å². The molecule has 0 bridgehead atoms. The van der Waals surface area contributed by atoms with Crippen molar-refractivity contribution in [3.05, 3.63) is 80.3 Å². The zero-order valence-electron chi connectivity index (χ0n) is 21.2. The number of amidine groups is 1. The highest BCUT2D eigenvalue weighted by atomic mass is 19.4. The first-order chi connectivity index (χ1) is 18.8. The average Bonchev–Trinajstić information content (AvgIpc) is 2.88. The Kier molecular flexibility index (Phi) is 7.67. The fraction of sp³-hybridized carbons (Fsp3) is 0.360. The summed E-state index contributed by atoms with van der Waals surface area (Å²) in [6, 6.07) is 7.20. The molecule has 4 rings (SSSR count). The Balaban J connectivity index is 1.89. The molecule has 2 aromatic heterocycles. The predicted molar refractivity (Wildman–Crippen MR) is 131 cm³/mol. The van der Waals surface area contributed by atoms with Gasteiger partial charge < -0.3 is 14.8 Å². The first-order valence-corrected chi connectivity index (χ1v) is 12.1. The molecule has 0 amide bonds. The molecule has 0 aliphatic carbocycles. The molecule has 0 radical (unpaired) electrons. The molecule has 0 saturated carbocycles. The average molecular weight is 572 g/mol. The van der Waals surface area contributed by atoms with Crippen LogP contribution in [-0.4, -0.2) is 41.0 Å². The Morgan fingerprint density at radius 1 is 0.950 bits per heavy atom. The fourth-order valence-electron chi connectivity index (χ4n) is 4.36. The number of aliphatic imine (C=N–C) groups is 1. The van der Waals surface area contributed by atoms with Crippen LogP contribution >= 0.6 is 0 Å². The number of ether oxygens (including phenoxy) is 2. The lowest BCUT2D eigenvalue weighted by atomic mass is 9.87. The normalized spacial score (nSPS) is 14.7. The second-order valence-corrected chi connectivity index (χ2v) is 8.61. The van der Waals surface area contributed by atoms with Crippen LogP contribution in [-0.2, 0) is 18.5 Å². The third kappa shape index (κ3) is 5.02. The Labute approximate surface area is 222 Å². The maximum absolute atomic E-state index is 14.4. The number of nitrogens with one attached hydrogen (secondary N) is 3. The molecule has 15 heteroatoms. The van der Waals surface area contributed by atoms with Crippen molar-refractivity contribution in [1.82, 2.24) is 9.55 Å². The summed E-state index contributed by atoms with van der Waals surface area (Å²) in [6.45, 7) is 3.78. The van der Waals surface area contributed by atoms with E-state index in [-0.39, 0.29) is 12.0 Å². The number of alkyl halides is 6. The van der Waals surface area contributed by atoms with Crippen LogP contribution in [0.4, 0.5) is 32.2 Å². The maximum Gasteiger partial charge on any atom is 0.427 e. The van der Waals surface area contributed by atoms with Crippen molar-refractivity contribution >= 4 is 11.7 Å². The van der Waals surface area contributed by atoms with E-state index in [0.29, 0.717) is 34.8 Å². The van der Waals surface area contributed by atoms with Gasteiger partial charge in [-0.3, -0.25) is 14.3 Å². The van der Waals surface area contributed by atoms with Gasteiger partial charge in [-0.25, -0.2) is 14.8 Å². The molecule has 214 valence electrons. The lowest BCUT2D eigenvalue weighted by molar-refractivity contribution is -0.378. The van der Waals surface area contributed by atoms with Crippen molar-refractivity contribution in [3.8, 4) is 11.5 Å². The van der Waals surface area contributed by atoms with E-state index in [9.17, 15) is 35.9 Å². The highest BCUT2D eigenvalue weighted by molar-refractivity contribution is 6.09. The second-order valence-electron chi connectivity index (χ2n) is 8.61. The van der Waals surface area contributed by atoms with Gasteiger partial charge >= 0.3 is 18.0 Å². The zero-order valence-corrected chi connectivity index (χ0v) is 21.2. The number of rotatable bonds is 8. The van der Waals surface area contributed by atoms with E-state index in [0.717, 1.165) is 0 Å². The Morgan fingerprint density at radius 2 is 1.57 bits per heavy atom. The smallest absolute Gasteiger partial charge is 0.427 e. The van der Waals surface area contributed by atoms with Gasteiger partial charge in [-0.15, -0.1) is 0 Å². The molecule has 1 aliphatic heterocycles. The topological polar surface area (TPSA) is 112 Å². The second kappa shape index (κ2) is 10.7. The van der Waals surface area contributed by atoms with Crippen LogP contribution in [0.3, 0.4) is 0 Å². The van der Waals surface area contributed by atoms with E-state index < -0.39 is 52.9 Å². The predicted octanol–water partition coefficient (Wildman–Crippen LogP) is 3.58. The van der Waals surface area contributed by atoms with Crippen molar-refractivity contribution < 1.29 is 40.8 Å². The number of fused-ring (bicyclic) bond motifs is 1. The quantitative estimate of drug-likeness (QED) is 0.401. The minimum atomic E-state index is -6.09. The molecule has 1 aliphatic rings. The fourth-order valence-corrected chi connectivity index (χ4v) is 4.36. The Bertz CT molecular complexity index is 1520. The standard InChI is InChI=1S/C25H23F6N5O4/c1-3-39-16-6-5-14(13-17(16)40-4-2)9-12-36-20-18(21(37)34-22(36)38)23(24(26,27)28,25(29,30)31)35-19(33-20)15-7-10-32-11-8-15/h5-8,10-11,13H,3-4,9,12H2,1-2H3,(H,33,35)(H,34,37,38)/p+1. The molecular weight excluding hydrogens is 548 g/mol. The summed E-state index contributed by atoms with van der Waals surface area (Å²) in [5, 5.41) is 2.39. The molecule has 3 aromatic rings. The highest BCUT2D eigenvalue weighted by Gasteiger charge is 2.75. The van der Waals surface area contributed by atoms with E-state index in [1.807, 2.05) is 0 Å². The van der Waals surface area contributed by atoms with E-state index >= 15 is 0 Å². The summed E-state index contributed by atoms with van der Waals surface area (Å²) < 4.78 is 98.2. The van der Waals surface area contributed by atoms with E-state index in [1.165, 1.54) is 24.5 Å². The molecule has 0 unspecified atom stereocenters. The van der Waals surface area contributed by atoms with Gasteiger partial charge in [0.15, 0.2) is 23.9 Å². The third-order valence-corrected chi connectivity index (χ3v) is 6.12. The van der Waals surface area contributed by atoms with Crippen LogP contribution in [0.1, 0.15) is 30.5 Å². The SMILES string of the molecule is CCOc1ccc(CCn2c3c(c(=O)[nH]c2=O)C(C(F)(F)F)(C(F)(F)F)N=C(c2cc[nH+]cc2)N3)cc1OCC. The number of hydrogen-bond donors (Lipinski definition) is 2. The zero-order chi connectivity index (χ0) is 29.3. The van der Waals surface area contributed by atoms with Crippen LogP contribution in [0.15, 0.2) is 57.3 Å². The van der Waals surface area contributed by atoms with E-state index in [4.69, 9.17) is 9.47 Å². The number of aryl methyl sites for hydroxylation is 1. The molecule has 3 heterocycles. The summed E-state index contributed by atoms with van der Waals surface area (Å²) in [7, 11) is 0. The number of halogens is 6. The highest BCUT2D eigenvalue weighted by Crippen LogP contribution is 2.55. The lowest BCUT2D eigenvalue weighted by Gasteiger charge is -2.38. The van der Waals surface area contributed by atoms with Gasteiger partial charge in [0.25, 0.3) is 11.1 Å². The van der Waals surface area contributed by atoms with Crippen molar-refractivity contribution in [3.63, 3.8) is 0 Å². The van der Waals surface area contributed by atoms with Crippen LogP contribution in [0.5, 0.6) is 11.5 Å². The third-order valence-electron chi connectivity index (χ3n) is 6.12. The number of pyridine rings is 1. The van der Waals surface area contributed by atoms with Crippen LogP contribution < -0.4 is 31.0 Å². The molecule has 0 spiro atoms. The molecule has 0 saturated heterocycles. The Morgan fingerprint density at radius 3 is 2.17 bits per heavy atom. The number of benzene rings is 1. The van der Waals surface area contributed by atoms with Crippen molar-refractivity contribution in [1.29, 1.82) is 0 Å². The van der Waals surface area contributed by atoms with E-state index in [1.54, 1.807) is 37.0 Å². The van der Waals surface area contributed by atoms with Crippen molar-refractivity contribution in [2.24, 2.45) is 4.99 Å². The number of anilines is 1. The van der Waals surface area contributed by atoms with Gasteiger partial charge in [0, 0.05) is 24.2 Å². The monoisotopic (exact) mass is 572 g/mol. The summed E-state index contributed by atoms with van der Waals surface area (Å²) in [6.07, 6.45) is -9.67. The van der Waals surface area contributed by atoms with Gasteiger partial charge in [0.1, 0.15) is 17.2 Å². The van der Waals surface area contributed by atoms with Crippen LogP contribution in [0, 0.1) is 0 Å². The van der Waals surface area contributed by atoms with Crippen LogP contribution in [0.25, 0.3) is 0 Å². The number of aromatic nitrogens is 3. The minimum absolute atomic E-state index is 0.0235. The Hall–Kier alpha value is -4.30. The molecule has 9 nitrogen and oxygen atoms in total. The van der Waals surface area contributed by atoms with Gasteiger partial charge in [-0.05, 0) is 38.0 Å². The first-order valence-electron chi connectivity index (χ1n) is 12.1. The number of H-pyrrole nitrogens is 2. The lowest BCUT2D eigenvalue weighted by Crippen LogP contribution is -2.59. The largest absolute Gasteiger partial charge is 0.490 e.